The van der Waals surface area contributed by atoms with Gasteiger partial charge in [-0.1, -0.05) is 13.8 Å². The largest absolute Gasteiger partial charge is 0.381 e. The number of hydrogen-bond acceptors (Lipinski definition) is 3. The number of nitrogens with one attached hydrogen (secondary N) is 1. The van der Waals surface area contributed by atoms with E-state index in [1.54, 1.807) is 0 Å². The van der Waals surface area contributed by atoms with Crippen LogP contribution in [0.1, 0.15) is 50.0 Å². The van der Waals surface area contributed by atoms with E-state index in [9.17, 15) is 4.79 Å². The second kappa shape index (κ2) is 5.31. The molecule has 0 spiro atoms. The van der Waals surface area contributed by atoms with Crippen molar-refractivity contribution >= 4 is 15.9 Å². The Morgan fingerprint density at radius 1 is 1.41 bits per heavy atom. The second-order valence-corrected chi connectivity index (χ2v) is 5.48. The lowest BCUT2D eigenvalue weighted by Crippen LogP contribution is -2.22. The van der Waals surface area contributed by atoms with E-state index < -0.39 is 0 Å². The molecular formula is C12H17BrN2O2. The van der Waals surface area contributed by atoms with Crippen molar-refractivity contribution in [1.82, 2.24) is 9.97 Å². The van der Waals surface area contributed by atoms with Crippen LogP contribution in [-0.4, -0.2) is 23.2 Å². The van der Waals surface area contributed by atoms with Gasteiger partial charge in [-0.05, 0) is 34.7 Å². The Kier molecular flexibility index (Phi) is 3.99. The first-order chi connectivity index (χ1) is 8.09. The van der Waals surface area contributed by atoms with Crippen LogP contribution in [0, 0.1) is 0 Å². The van der Waals surface area contributed by atoms with Crippen molar-refractivity contribution in [3.63, 3.8) is 0 Å². The average Bonchev–Trinajstić information content (AvgIpc) is 2.33. The Labute approximate surface area is 109 Å². The summed E-state index contributed by atoms with van der Waals surface area (Å²) < 4.78 is 5.88. The summed E-state index contributed by atoms with van der Waals surface area (Å²) in [5.41, 5.74) is 0.764. The fourth-order valence-electron chi connectivity index (χ4n) is 2.04. The maximum absolute atomic E-state index is 11.8. The van der Waals surface area contributed by atoms with Crippen molar-refractivity contribution in [2.45, 2.75) is 38.5 Å². The summed E-state index contributed by atoms with van der Waals surface area (Å²) in [6.07, 6.45) is 1.87. The van der Waals surface area contributed by atoms with E-state index in [-0.39, 0.29) is 11.5 Å². The van der Waals surface area contributed by atoms with E-state index in [4.69, 9.17) is 4.74 Å². The van der Waals surface area contributed by atoms with Crippen LogP contribution in [0.4, 0.5) is 0 Å². The fraction of sp³-hybridized carbons (Fsp3) is 0.667. The number of hydrogen-bond donors (Lipinski definition) is 1. The third-order valence-electron chi connectivity index (χ3n) is 3.06. The van der Waals surface area contributed by atoms with Crippen molar-refractivity contribution in [3.05, 3.63) is 26.3 Å². The van der Waals surface area contributed by atoms with Gasteiger partial charge in [-0.3, -0.25) is 4.79 Å². The van der Waals surface area contributed by atoms with Gasteiger partial charge < -0.3 is 9.72 Å². The highest BCUT2D eigenvalue weighted by molar-refractivity contribution is 9.10. The van der Waals surface area contributed by atoms with E-state index in [0.717, 1.165) is 37.6 Å². The fourth-order valence-corrected chi connectivity index (χ4v) is 2.69. The van der Waals surface area contributed by atoms with Crippen LogP contribution in [0.5, 0.6) is 0 Å². The van der Waals surface area contributed by atoms with Crippen molar-refractivity contribution in [1.29, 1.82) is 0 Å². The van der Waals surface area contributed by atoms with Gasteiger partial charge in [0.05, 0.1) is 5.69 Å². The summed E-state index contributed by atoms with van der Waals surface area (Å²) in [6, 6.07) is 0. The zero-order valence-corrected chi connectivity index (χ0v) is 11.7. The summed E-state index contributed by atoms with van der Waals surface area (Å²) in [6.45, 7) is 5.59. The molecule has 0 aromatic carbocycles. The van der Waals surface area contributed by atoms with Gasteiger partial charge in [-0.25, -0.2) is 4.98 Å². The van der Waals surface area contributed by atoms with Crippen molar-refractivity contribution in [3.8, 4) is 0 Å². The number of aromatic nitrogens is 2. The summed E-state index contributed by atoms with van der Waals surface area (Å²) in [5, 5.41) is 0. The summed E-state index contributed by atoms with van der Waals surface area (Å²) in [5.74, 6) is 1.37. The van der Waals surface area contributed by atoms with E-state index in [0.29, 0.717) is 10.4 Å². The first-order valence-corrected chi connectivity index (χ1v) is 6.76. The molecule has 94 valence electrons. The molecule has 17 heavy (non-hydrogen) atoms. The molecule has 1 saturated heterocycles. The molecule has 4 nitrogen and oxygen atoms in total. The van der Waals surface area contributed by atoms with Crippen LogP contribution in [0.25, 0.3) is 0 Å². The Morgan fingerprint density at radius 3 is 2.65 bits per heavy atom. The monoisotopic (exact) mass is 300 g/mol. The minimum Gasteiger partial charge on any atom is -0.381 e. The van der Waals surface area contributed by atoms with E-state index in [1.807, 2.05) is 13.8 Å². The highest BCUT2D eigenvalue weighted by atomic mass is 79.9. The predicted molar refractivity (Wildman–Crippen MR) is 69.4 cm³/mol. The van der Waals surface area contributed by atoms with Gasteiger partial charge in [-0.15, -0.1) is 0 Å². The van der Waals surface area contributed by atoms with Crippen LogP contribution < -0.4 is 5.56 Å². The lowest BCUT2D eigenvalue weighted by Gasteiger charge is -2.22. The van der Waals surface area contributed by atoms with Crippen LogP contribution in [0.15, 0.2) is 9.27 Å². The Bertz CT molecular complexity index is 450. The SMILES string of the molecule is CC(C)c1nc(C2CCOCC2)[nH]c(=O)c1Br. The normalized spacial score (nSPS) is 17.6. The molecule has 1 aliphatic rings. The molecule has 1 aromatic heterocycles. The molecule has 0 unspecified atom stereocenters. The zero-order valence-electron chi connectivity index (χ0n) is 10.1. The van der Waals surface area contributed by atoms with E-state index in [1.165, 1.54) is 0 Å². The number of rotatable bonds is 2. The molecule has 1 aromatic rings. The molecule has 0 bridgehead atoms. The first kappa shape index (κ1) is 12.8. The van der Waals surface area contributed by atoms with Crippen LogP contribution in [0.3, 0.4) is 0 Å². The maximum atomic E-state index is 11.8. The molecule has 2 rings (SSSR count). The van der Waals surface area contributed by atoms with Gasteiger partial charge in [0.25, 0.3) is 5.56 Å². The highest BCUT2D eigenvalue weighted by Gasteiger charge is 2.21. The molecule has 0 atom stereocenters. The minimum absolute atomic E-state index is 0.0785. The van der Waals surface area contributed by atoms with Crippen molar-refractivity contribution in [2.24, 2.45) is 0 Å². The third kappa shape index (κ3) is 2.77. The maximum Gasteiger partial charge on any atom is 0.265 e. The number of nitrogens with zero attached hydrogens (tertiary/aromatic N) is 1. The number of aromatic amines is 1. The lowest BCUT2D eigenvalue weighted by molar-refractivity contribution is 0.0834. The molecule has 0 radical (unpaired) electrons. The molecule has 0 saturated carbocycles. The zero-order chi connectivity index (χ0) is 12.4. The summed E-state index contributed by atoms with van der Waals surface area (Å²) in [7, 11) is 0. The first-order valence-electron chi connectivity index (χ1n) is 5.97. The molecule has 0 amide bonds. The highest BCUT2D eigenvalue weighted by Crippen LogP contribution is 2.26. The van der Waals surface area contributed by atoms with Crippen LogP contribution >= 0.6 is 15.9 Å². The number of ether oxygens (including phenoxy) is 1. The molecule has 2 heterocycles. The average molecular weight is 301 g/mol. The number of H-pyrrole nitrogens is 1. The van der Waals surface area contributed by atoms with E-state index >= 15 is 0 Å². The summed E-state index contributed by atoms with van der Waals surface area (Å²) >= 11 is 3.31. The van der Waals surface area contributed by atoms with Gasteiger partial charge in [0.2, 0.25) is 0 Å². The molecule has 1 fully saturated rings. The van der Waals surface area contributed by atoms with Crippen LogP contribution in [0.2, 0.25) is 0 Å². The van der Waals surface area contributed by atoms with Gasteiger partial charge >= 0.3 is 0 Å². The van der Waals surface area contributed by atoms with E-state index in [2.05, 4.69) is 25.9 Å². The Morgan fingerprint density at radius 2 is 2.06 bits per heavy atom. The molecule has 5 heteroatoms. The van der Waals surface area contributed by atoms with Gasteiger partial charge in [-0.2, -0.15) is 0 Å². The quantitative estimate of drug-likeness (QED) is 0.913. The topological polar surface area (TPSA) is 55.0 Å². The molecule has 1 N–H and O–H groups in total. The summed E-state index contributed by atoms with van der Waals surface area (Å²) in [4.78, 5) is 19.3. The second-order valence-electron chi connectivity index (χ2n) is 4.69. The Balaban J connectivity index is 2.37. The number of halogens is 1. The third-order valence-corrected chi connectivity index (χ3v) is 3.83. The standard InChI is InChI=1S/C12H17BrN2O2/c1-7(2)10-9(13)12(16)15-11(14-10)8-3-5-17-6-4-8/h7-8H,3-6H2,1-2H3,(H,14,15,16). The van der Waals surface area contributed by atoms with Crippen LogP contribution in [-0.2, 0) is 4.74 Å². The van der Waals surface area contributed by atoms with Gasteiger partial charge in [0.1, 0.15) is 10.3 Å². The molecular weight excluding hydrogens is 284 g/mol. The predicted octanol–water partition coefficient (Wildman–Crippen LogP) is 2.55. The lowest BCUT2D eigenvalue weighted by atomic mass is 9.99. The smallest absolute Gasteiger partial charge is 0.265 e. The van der Waals surface area contributed by atoms with Gasteiger partial charge in [0, 0.05) is 19.1 Å². The van der Waals surface area contributed by atoms with Crippen molar-refractivity contribution < 1.29 is 4.74 Å². The van der Waals surface area contributed by atoms with Crippen molar-refractivity contribution in [2.75, 3.05) is 13.2 Å². The molecule has 1 aliphatic heterocycles. The minimum atomic E-state index is -0.0785. The Hall–Kier alpha value is -0.680. The van der Waals surface area contributed by atoms with Gasteiger partial charge in [0.15, 0.2) is 0 Å². The molecule has 0 aliphatic carbocycles.